The smallest absolute Gasteiger partial charge is 0.308 e. The van der Waals surface area contributed by atoms with Gasteiger partial charge in [0.2, 0.25) is 0 Å². The van der Waals surface area contributed by atoms with Crippen LogP contribution in [0.1, 0.15) is 21.8 Å². The van der Waals surface area contributed by atoms with E-state index in [1.165, 1.54) is 11.3 Å². The van der Waals surface area contributed by atoms with Crippen molar-refractivity contribution in [2.75, 3.05) is 13.1 Å². The van der Waals surface area contributed by atoms with Crippen LogP contribution in [0.5, 0.6) is 0 Å². The summed E-state index contributed by atoms with van der Waals surface area (Å²) >= 11 is 1.33. The highest BCUT2D eigenvalue weighted by Crippen LogP contribution is 2.29. The third-order valence-corrected chi connectivity index (χ3v) is 4.96. The van der Waals surface area contributed by atoms with E-state index in [9.17, 15) is 9.59 Å². The predicted octanol–water partition coefficient (Wildman–Crippen LogP) is 1.40. The summed E-state index contributed by atoms with van der Waals surface area (Å²) < 4.78 is 1.69. The van der Waals surface area contributed by atoms with Crippen LogP contribution in [0.3, 0.4) is 0 Å². The molecule has 22 heavy (non-hydrogen) atoms. The normalized spacial score (nSPS) is 17.9. The van der Waals surface area contributed by atoms with Gasteiger partial charge in [-0.2, -0.15) is 5.10 Å². The van der Waals surface area contributed by atoms with Crippen molar-refractivity contribution in [2.24, 2.45) is 13.0 Å². The van der Waals surface area contributed by atoms with Crippen LogP contribution in [0.15, 0.2) is 12.4 Å². The van der Waals surface area contributed by atoms with Gasteiger partial charge in [0.25, 0.3) is 5.91 Å². The zero-order valence-electron chi connectivity index (χ0n) is 12.3. The van der Waals surface area contributed by atoms with Crippen molar-refractivity contribution in [3.05, 3.63) is 23.0 Å². The molecule has 1 unspecified atom stereocenters. The zero-order chi connectivity index (χ0) is 15.9. The molecule has 0 aliphatic carbocycles. The molecule has 3 heterocycles. The van der Waals surface area contributed by atoms with E-state index in [0.29, 0.717) is 23.5 Å². The Kier molecular flexibility index (Phi) is 3.69. The van der Waals surface area contributed by atoms with Crippen molar-refractivity contribution in [2.45, 2.75) is 13.3 Å². The average Bonchev–Trinajstić information content (AvgIpc) is 3.16. The Bertz CT molecular complexity index is 736. The molecule has 2 aromatic rings. The van der Waals surface area contributed by atoms with E-state index < -0.39 is 11.9 Å². The van der Waals surface area contributed by atoms with Gasteiger partial charge in [-0.25, -0.2) is 4.98 Å². The number of amides is 1. The molecule has 0 aromatic carbocycles. The number of hydrogen-bond donors (Lipinski definition) is 1. The molecule has 1 aliphatic heterocycles. The molecule has 116 valence electrons. The number of thiazole rings is 1. The van der Waals surface area contributed by atoms with Crippen LogP contribution in [0.2, 0.25) is 0 Å². The molecule has 0 spiro atoms. The third kappa shape index (κ3) is 2.61. The van der Waals surface area contributed by atoms with Gasteiger partial charge in [0.05, 0.1) is 17.8 Å². The first-order valence-corrected chi connectivity index (χ1v) is 7.76. The topological polar surface area (TPSA) is 88.3 Å². The highest BCUT2D eigenvalue weighted by Gasteiger charge is 2.32. The van der Waals surface area contributed by atoms with E-state index in [1.807, 2.05) is 13.2 Å². The van der Waals surface area contributed by atoms with Crippen molar-refractivity contribution < 1.29 is 14.7 Å². The van der Waals surface area contributed by atoms with E-state index >= 15 is 0 Å². The van der Waals surface area contributed by atoms with Crippen LogP contribution in [-0.2, 0) is 11.8 Å². The molecular weight excluding hydrogens is 304 g/mol. The number of likely N-dealkylation sites (tertiary alicyclic amines) is 1. The number of carbonyl (C=O) groups is 2. The molecule has 1 amide bonds. The Morgan fingerprint density at radius 2 is 2.23 bits per heavy atom. The minimum Gasteiger partial charge on any atom is -0.481 e. The van der Waals surface area contributed by atoms with Gasteiger partial charge < -0.3 is 10.0 Å². The maximum Gasteiger partial charge on any atom is 0.308 e. The van der Waals surface area contributed by atoms with Crippen LogP contribution in [0, 0.1) is 12.8 Å². The van der Waals surface area contributed by atoms with Crippen molar-refractivity contribution in [1.29, 1.82) is 0 Å². The first-order chi connectivity index (χ1) is 10.5. The van der Waals surface area contributed by atoms with Gasteiger partial charge in [0.1, 0.15) is 9.88 Å². The number of rotatable bonds is 3. The van der Waals surface area contributed by atoms with Gasteiger partial charge in [-0.1, -0.05) is 0 Å². The first-order valence-electron chi connectivity index (χ1n) is 6.94. The lowest BCUT2D eigenvalue weighted by molar-refractivity contribution is -0.141. The number of aromatic nitrogens is 3. The molecule has 1 N–H and O–H groups in total. The summed E-state index contributed by atoms with van der Waals surface area (Å²) in [6, 6.07) is 0. The first kappa shape index (κ1) is 14.7. The molecule has 1 aliphatic rings. The summed E-state index contributed by atoms with van der Waals surface area (Å²) in [5.41, 5.74) is 1.55. The minimum absolute atomic E-state index is 0.131. The van der Waals surface area contributed by atoms with Gasteiger partial charge in [0, 0.05) is 31.9 Å². The van der Waals surface area contributed by atoms with Gasteiger partial charge in [-0.3, -0.25) is 14.3 Å². The molecule has 1 saturated heterocycles. The molecular formula is C14H16N4O3S. The number of aliphatic carboxylic acids is 1. The molecule has 3 rings (SSSR count). The molecule has 8 heteroatoms. The largest absolute Gasteiger partial charge is 0.481 e. The predicted molar refractivity (Wildman–Crippen MR) is 80.7 cm³/mol. The van der Waals surface area contributed by atoms with Crippen molar-refractivity contribution in [3.63, 3.8) is 0 Å². The van der Waals surface area contributed by atoms with E-state index in [2.05, 4.69) is 10.1 Å². The minimum atomic E-state index is -0.840. The lowest BCUT2D eigenvalue weighted by atomic mass is 10.1. The average molecular weight is 320 g/mol. The second kappa shape index (κ2) is 5.53. The van der Waals surface area contributed by atoms with Gasteiger partial charge in [-0.15, -0.1) is 11.3 Å². The number of carboxylic acids is 1. The van der Waals surface area contributed by atoms with E-state index in [4.69, 9.17) is 5.11 Å². The van der Waals surface area contributed by atoms with E-state index in [-0.39, 0.29) is 12.5 Å². The van der Waals surface area contributed by atoms with Crippen LogP contribution < -0.4 is 0 Å². The van der Waals surface area contributed by atoms with Crippen molar-refractivity contribution in [3.8, 4) is 10.6 Å². The van der Waals surface area contributed by atoms with E-state index in [0.717, 1.165) is 10.6 Å². The summed E-state index contributed by atoms with van der Waals surface area (Å²) in [5, 5.41) is 13.9. The zero-order valence-corrected chi connectivity index (χ0v) is 13.1. The number of carbonyl (C=O) groups excluding carboxylic acids is 1. The van der Waals surface area contributed by atoms with Gasteiger partial charge >= 0.3 is 5.97 Å². The van der Waals surface area contributed by atoms with Crippen LogP contribution in [-0.4, -0.2) is 49.7 Å². The molecule has 0 bridgehead atoms. The lowest BCUT2D eigenvalue weighted by Crippen LogP contribution is -2.29. The van der Waals surface area contributed by atoms with Crippen molar-refractivity contribution >= 4 is 23.2 Å². The summed E-state index contributed by atoms with van der Waals surface area (Å²) in [6.45, 7) is 2.55. The maximum absolute atomic E-state index is 12.6. The molecule has 0 saturated carbocycles. The lowest BCUT2D eigenvalue weighted by Gasteiger charge is -2.14. The Morgan fingerprint density at radius 3 is 2.82 bits per heavy atom. The van der Waals surface area contributed by atoms with E-state index in [1.54, 1.807) is 22.7 Å². The quantitative estimate of drug-likeness (QED) is 0.923. The van der Waals surface area contributed by atoms with Gasteiger partial charge in [0.15, 0.2) is 0 Å². The summed E-state index contributed by atoms with van der Waals surface area (Å²) in [4.78, 5) is 30.2. The number of aryl methyl sites for hydroxylation is 2. The molecule has 0 radical (unpaired) electrons. The Hall–Kier alpha value is -2.22. The monoisotopic (exact) mass is 320 g/mol. The molecule has 1 atom stereocenters. The second-order valence-electron chi connectivity index (χ2n) is 5.41. The standard InChI is InChI=1S/C14H16N4O3S/c1-8-11(13(19)18-4-3-9(7-18)14(20)21)22-12(16-8)10-5-15-17(2)6-10/h5-6,9H,3-4,7H2,1-2H3,(H,20,21). The maximum atomic E-state index is 12.6. The number of hydrogen-bond acceptors (Lipinski definition) is 5. The second-order valence-corrected chi connectivity index (χ2v) is 6.41. The fourth-order valence-electron chi connectivity index (χ4n) is 2.54. The summed E-state index contributed by atoms with van der Waals surface area (Å²) in [5.74, 6) is -1.43. The Labute approximate surface area is 131 Å². The van der Waals surface area contributed by atoms with Crippen LogP contribution in [0.4, 0.5) is 0 Å². The number of carboxylic acid groups (broad SMARTS) is 1. The van der Waals surface area contributed by atoms with Crippen molar-refractivity contribution in [1.82, 2.24) is 19.7 Å². The van der Waals surface area contributed by atoms with Crippen LogP contribution in [0.25, 0.3) is 10.6 Å². The summed E-state index contributed by atoms with van der Waals surface area (Å²) in [7, 11) is 1.83. The molecule has 2 aromatic heterocycles. The highest BCUT2D eigenvalue weighted by molar-refractivity contribution is 7.17. The number of nitrogens with zero attached hydrogens (tertiary/aromatic N) is 4. The van der Waals surface area contributed by atoms with Gasteiger partial charge in [-0.05, 0) is 13.3 Å². The fraction of sp³-hybridized carbons (Fsp3) is 0.429. The Balaban J connectivity index is 1.82. The molecule has 1 fully saturated rings. The Morgan fingerprint density at radius 1 is 1.45 bits per heavy atom. The summed E-state index contributed by atoms with van der Waals surface area (Å²) in [6.07, 6.45) is 4.07. The third-order valence-electron chi connectivity index (χ3n) is 3.77. The SMILES string of the molecule is Cc1nc(-c2cnn(C)c2)sc1C(=O)N1CCC(C(=O)O)C1. The molecule has 7 nitrogen and oxygen atoms in total. The fourth-order valence-corrected chi connectivity index (χ4v) is 3.55. The highest BCUT2D eigenvalue weighted by atomic mass is 32.1. The van der Waals surface area contributed by atoms with Crippen LogP contribution >= 0.6 is 11.3 Å².